The van der Waals surface area contributed by atoms with Gasteiger partial charge in [0, 0.05) is 17.0 Å². The Hall–Kier alpha value is -1.88. The number of ether oxygens (including phenoxy) is 3. The van der Waals surface area contributed by atoms with Crippen LogP contribution in [-0.2, 0) is 9.47 Å². The Bertz CT molecular complexity index is 877. The Labute approximate surface area is 182 Å². The van der Waals surface area contributed by atoms with Gasteiger partial charge in [0.2, 0.25) is 0 Å². The summed E-state index contributed by atoms with van der Waals surface area (Å²) in [5.41, 5.74) is 1.29. The number of nitriles is 1. The van der Waals surface area contributed by atoms with Gasteiger partial charge in [0.25, 0.3) is 0 Å². The van der Waals surface area contributed by atoms with E-state index >= 15 is 0 Å². The van der Waals surface area contributed by atoms with Crippen LogP contribution in [0.3, 0.4) is 0 Å². The summed E-state index contributed by atoms with van der Waals surface area (Å²) in [6.07, 6.45) is 7.57. The number of benzene rings is 1. The Balaban J connectivity index is 1.06. The second-order valence-electron chi connectivity index (χ2n) is 10.4. The predicted octanol–water partition coefficient (Wildman–Crippen LogP) is 2.89. The molecule has 166 valence electrons. The fourth-order valence-electron chi connectivity index (χ4n) is 6.31. The van der Waals surface area contributed by atoms with Crippen molar-refractivity contribution in [3.05, 3.63) is 29.6 Å². The highest BCUT2D eigenvalue weighted by Crippen LogP contribution is 2.49. The first-order valence-electron chi connectivity index (χ1n) is 11.6. The van der Waals surface area contributed by atoms with E-state index in [0.717, 1.165) is 89.4 Å². The zero-order chi connectivity index (χ0) is 21.1. The van der Waals surface area contributed by atoms with E-state index < -0.39 is 0 Å². The lowest BCUT2D eigenvalue weighted by Gasteiger charge is -2.52. The number of rotatable bonds is 4. The minimum Gasteiger partial charge on any atom is -0.490 e. The minimum absolute atomic E-state index is 0.105. The molecule has 0 amide bonds. The van der Waals surface area contributed by atoms with Gasteiger partial charge in [-0.2, -0.15) is 5.26 Å². The molecule has 2 spiro atoms. The van der Waals surface area contributed by atoms with Gasteiger partial charge in [-0.25, -0.2) is 4.39 Å². The second kappa shape index (κ2) is 7.33. The summed E-state index contributed by atoms with van der Waals surface area (Å²) in [4.78, 5) is 4.30. The number of hydrogen-bond donors (Lipinski definition) is 0. The summed E-state index contributed by atoms with van der Waals surface area (Å²) >= 11 is 0. The molecule has 5 aliphatic rings. The van der Waals surface area contributed by atoms with E-state index in [-0.39, 0.29) is 17.5 Å². The summed E-state index contributed by atoms with van der Waals surface area (Å²) < 4.78 is 31.9. The molecule has 6 rings (SSSR count). The van der Waals surface area contributed by atoms with Crippen molar-refractivity contribution in [2.24, 2.45) is 5.41 Å². The first-order valence-corrected chi connectivity index (χ1v) is 11.6. The highest BCUT2D eigenvalue weighted by atomic mass is 19.1. The number of nitrogens with zero attached hydrogens (tertiary/aromatic N) is 3. The van der Waals surface area contributed by atoms with Crippen LogP contribution in [0.2, 0.25) is 0 Å². The number of halogens is 1. The maximum atomic E-state index is 14.1. The third-order valence-electron chi connectivity index (χ3n) is 8.18. The first-order chi connectivity index (χ1) is 15.1. The van der Waals surface area contributed by atoms with Crippen molar-refractivity contribution < 1.29 is 18.6 Å². The van der Waals surface area contributed by atoms with Crippen molar-refractivity contribution in [1.29, 1.82) is 5.26 Å². The standard InChI is InChI=1S/C24H30FN3O3/c25-18-1-2-22(31-20-9-23(10-20)14-29-15-23)21(7-18)17-3-5-28(6-4-17)19-8-24(30-11-19)12-27(13-24)16-26/h1-2,7,17,19-20H,3-6,8-15H2/t19-/m0/s1. The summed E-state index contributed by atoms with van der Waals surface area (Å²) in [5, 5.41) is 9.01. The average molecular weight is 428 g/mol. The van der Waals surface area contributed by atoms with Gasteiger partial charge in [0.05, 0.1) is 32.9 Å². The van der Waals surface area contributed by atoms with E-state index in [1.165, 1.54) is 6.07 Å². The average Bonchev–Trinajstić information content (AvgIpc) is 3.14. The van der Waals surface area contributed by atoms with E-state index in [9.17, 15) is 4.39 Å². The van der Waals surface area contributed by atoms with Gasteiger partial charge in [0.1, 0.15) is 23.3 Å². The summed E-state index contributed by atoms with van der Waals surface area (Å²) in [7, 11) is 0. The van der Waals surface area contributed by atoms with Crippen molar-refractivity contribution in [2.45, 2.75) is 55.8 Å². The first kappa shape index (κ1) is 19.8. The molecule has 7 heteroatoms. The molecule has 31 heavy (non-hydrogen) atoms. The summed E-state index contributed by atoms with van der Waals surface area (Å²) in [6.45, 7) is 5.94. The molecule has 1 aromatic rings. The Morgan fingerprint density at radius 2 is 1.90 bits per heavy atom. The molecule has 1 saturated carbocycles. The molecule has 5 fully saturated rings. The highest BCUT2D eigenvalue weighted by molar-refractivity contribution is 5.38. The highest BCUT2D eigenvalue weighted by Gasteiger charge is 2.52. The van der Waals surface area contributed by atoms with Crippen LogP contribution in [0, 0.1) is 22.7 Å². The van der Waals surface area contributed by atoms with Crippen LogP contribution in [0.5, 0.6) is 5.75 Å². The van der Waals surface area contributed by atoms with Gasteiger partial charge in [0.15, 0.2) is 6.19 Å². The molecule has 0 N–H and O–H groups in total. The molecule has 0 unspecified atom stereocenters. The van der Waals surface area contributed by atoms with Crippen LogP contribution >= 0.6 is 0 Å². The second-order valence-corrected chi connectivity index (χ2v) is 10.4. The molecule has 4 saturated heterocycles. The van der Waals surface area contributed by atoms with Crippen molar-refractivity contribution in [1.82, 2.24) is 9.80 Å². The van der Waals surface area contributed by atoms with Crippen molar-refractivity contribution in [3.63, 3.8) is 0 Å². The molecule has 0 aromatic heterocycles. The van der Waals surface area contributed by atoms with Gasteiger partial charge in [-0.05, 0) is 69.3 Å². The summed E-state index contributed by atoms with van der Waals surface area (Å²) in [5.74, 6) is 1.02. The maximum Gasteiger partial charge on any atom is 0.179 e. The van der Waals surface area contributed by atoms with Crippen molar-refractivity contribution in [2.75, 3.05) is 46.0 Å². The van der Waals surface area contributed by atoms with E-state index in [0.29, 0.717) is 17.4 Å². The Morgan fingerprint density at radius 1 is 1.13 bits per heavy atom. The lowest BCUT2D eigenvalue weighted by atomic mass is 9.65. The molecule has 1 atom stereocenters. The third kappa shape index (κ3) is 3.49. The molecule has 1 aromatic carbocycles. The van der Waals surface area contributed by atoms with E-state index in [4.69, 9.17) is 19.5 Å². The molecular weight excluding hydrogens is 397 g/mol. The van der Waals surface area contributed by atoms with Crippen LogP contribution in [0.15, 0.2) is 18.2 Å². The quantitative estimate of drug-likeness (QED) is 0.689. The van der Waals surface area contributed by atoms with Crippen LogP contribution in [0.1, 0.15) is 43.6 Å². The number of likely N-dealkylation sites (tertiary alicyclic amines) is 2. The zero-order valence-electron chi connectivity index (χ0n) is 17.9. The largest absolute Gasteiger partial charge is 0.490 e. The maximum absolute atomic E-state index is 14.1. The van der Waals surface area contributed by atoms with E-state index in [2.05, 4.69) is 11.1 Å². The Morgan fingerprint density at radius 3 is 2.58 bits per heavy atom. The van der Waals surface area contributed by atoms with Gasteiger partial charge >= 0.3 is 0 Å². The lowest BCUT2D eigenvalue weighted by Crippen LogP contribution is -2.59. The van der Waals surface area contributed by atoms with Crippen LogP contribution in [0.25, 0.3) is 0 Å². The summed E-state index contributed by atoms with van der Waals surface area (Å²) in [6, 6.07) is 5.47. The van der Waals surface area contributed by atoms with Crippen LogP contribution in [-0.4, -0.2) is 73.5 Å². The van der Waals surface area contributed by atoms with Crippen LogP contribution in [0.4, 0.5) is 4.39 Å². The molecule has 4 heterocycles. The predicted molar refractivity (Wildman–Crippen MR) is 111 cm³/mol. The molecule has 0 radical (unpaired) electrons. The number of hydrogen-bond acceptors (Lipinski definition) is 6. The molecule has 4 aliphatic heterocycles. The third-order valence-corrected chi connectivity index (χ3v) is 8.18. The topological polar surface area (TPSA) is 58.0 Å². The van der Waals surface area contributed by atoms with Crippen LogP contribution < -0.4 is 4.74 Å². The normalized spacial score (nSPS) is 29.9. The molecular formula is C24H30FN3O3. The van der Waals surface area contributed by atoms with Crippen molar-refractivity contribution >= 4 is 0 Å². The smallest absolute Gasteiger partial charge is 0.179 e. The van der Waals surface area contributed by atoms with Gasteiger partial charge < -0.3 is 19.1 Å². The van der Waals surface area contributed by atoms with Crippen molar-refractivity contribution in [3.8, 4) is 11.9 Å². The van der Waals surface area contributed by atoms with E-state index in [1.807, 2.05) is 6.07 Å². The zero-order valence-corrected chi connectivity index (χ0v) is 17.9. The van der Waals surface area contributed by atoms with Gasteiger partial charge in [-0.3, -0.25) is 4.90 Å². The fourth-order valence-corrected chi connectivity index (χ4v) is 6.31. The molecule has 0 bridgehead atoms. The SMILES string of the molecule is N#CN1CC2(C[C@H](N3CCC(c4cc(F)ccc4OC4CC5(COC5)C4)CC3)CO2)C1. The van der Waals surface area contributed by atoms with E-state index in [1.54, 1.807) is 11.0 Å². The Kier molecular flexibility index (Phi) is 4.68. The number of piperidine rings is 1. The van der Waals surface area contributed by atoms with Gasteiger partial charge in [-0.1, -0.05) is 0 Å². The lowest BCUT2D eigenvalue weighted by molar-refractivity contribution is -0.191. The fraction of sp³-hybridized carbons (Fsp3) is 0.708. The molecule has 6 nitrogen and oxygen atoms in total. The molecule has 1 aliphatic carbocycles. The van der Waals surface area contributed by atoms with Gasteiger partial charge in [-0.15, -0.1) is 0 Å². The minimum atomic E-state index is -0.180. The monoisotopic (exact) mass is 427 g/mol.